The number of ether oxygens (including phenoxy) is 2. The summed E-state index contributed by atoms with van der Waals surface area (Å²) in [6.45, 7) is 4.71. The summed E-state index contributed by atoms with van der Waals surface area (Å²) in [6, 6.07) is 8.69. The minimum Gasteiger partial charge on any atom is -0.494 e. The Morgan fingerprint density at radius 2 is 1.65 bits per heavy atom. The fourth-order valence-electron chi connectivity index (χ4n) is 3.56. The summed E-state index contributed by atoms with van der Waals surface area (Å²) in [7, 11) is 0. The van der Waals surface area contributed by atoms with E-state index in [1.165, 1.54) is 0 Å². The maximum Gasteiger partial charge on any atom is 0.306 e. The van der Waals surface area contributed by atoms with Crippen LogP contribution in [0.2, 0.25) is 0 Å². The van der Waals surface area contributed by atoms with Gasteiger partial charge in [0.1, 0.15) is 5.75 Å². The van der Waals surface area contributed by atoms with Gasteiger partial charge in [-0.1, -0.05) is 19.8 Å². The highest BCUT2D eigenvalue weighted by molar-refractivity contribution is 5.97. The van der Waals surface area contributed by atoms with Crippen LogP contribution in [0.25, 0.3) is 0 Å². The van der Waals surface area contributed by atoms with Gasteiger partial charge in [-0.15, -0.1) is 0 Å². The monoisotopic (exact) mass is 468 g/mol. The van der Waals surface area contributed by atoms with E-state index >= 15 is 0 Å². The SMILES string of the molecule is CCCCCOc1ccc(C(=O)CCC(=O)OCC(=O)N2CCN(c3ncccn3)CC2)cc1. The first-order valence-corrected chi connectivity index (χ1v) is 11.8. The van der Waals surface area contributed by atoms with Crippen LogP contribution >= 0.6 is 0 Å². The van der Waals surface area contributed by atoms with Crippen LogP contribution in [0.1, 0.15) is 49.4 Å². The summed E-state index contributed by atoms with van der Waals surface area (Å²) in [6.07, 6.45) is 6.58. The fourth-order valence-corrected chi connectivity index (χ4v) is 3.56. The molecule has 2 heterocycles. The lowest BCUT2D eigenvalue weighted by Gasteiger charge is -2.34. The number of esters is 1. The average Bonchev–Trinajstić information content (AvgIpc) is 2.89. The predicted octanol–water partition coefficient (Wildman–Crippen LogP) is 2.90. The zero-order valence-electron chi connectivity index (χ0n) is 19.6. The van der Waals surface area contributed by atoms with Crippen molar-refractivity contribution in [1.29, 1.82) is 0 Å². The first kappa shape index (κ1) is 25.1. The Morgan fingerprint density at radius 3 is 2.32 bits per heavy atom. The van der Waals surface area contributed by atoms with Crippen molar-refractivity contribution in [3.05, 3.63) is 48.3 Å². The number of hydrogen-bond acceptors (Lipinski definition) is 8. The summed E-state index contributed by atoms with van der Waals surface area (Å²) >= 11 is 0. The highest BCUT2D eigenvalue weighted by atomic mass is 16.5. The zero-order chi connectivity index (χ0) is 24.2. The number of carbonyl (C=O) groups excluding carboxylic acids is 3. The highest BCUT2D eigenvalue weighted by Crippen LogP contribution is 2.15. The van der Waals surface area contributed by atoms with Gasteiger partial charge in [0.2, 0.25) is 5.95 Å². The van der Waals surface area contributed by atoms with E-state index in [0.717, 1.165) is 25.0 Å². The molecule has 3 rings (SSSR count). The van der Waals surface area contributed by atoms with E-state index in [-0.39, 0.29) is 31.1 Å². The van der Waals surface area contributed by atoms with Crippen molar-refractivity contribution in [3.8, 4) is 5.75 Å². The predicted molar refractivity (Wildman–Crippen MR) is 127 cm³/mol. The first-order chi connectivity index (χ1) is 16.6. The number of benzene rings is 1. The average molecular weight is 469 g/mol. The molecule has 0 atom stereocenters. The number of amides is 1. The Labute approximate surface area is 200 Å². The van der Waals surface area contributed by atoms with Crippen LogP contribution in [0.15, 0.2) is 42.7 Å². The second kappa shape index (κ2) is 13.3. The van der Waals surface area contributed by atoms with Crippen molar-refractivity contribution in [3.63, 3.8) is 0 Å². The largest absolute Gasteiger partial charge is 0.494 e. The number of nitrogens with zero attached hydrogens (tertiary/aromatic N) is 4. The number of ketones is 1. The van der Waals surface area contributed by atoms with E-state index in [2.05, 4.69) is 16.9 Å². The molecule has 0 saturated carbocycles. The molecule has 1 saturated heterocycles. The molecule has 9 heteroatoms. The van der Waals surface area contributed by atoms with E-state index in [1.54, 1.807) is 47.6 Å². The molecule has 9 nitrogen and oxygen atoms in total. The van der Waals surface area contributed by atoms with Crippen LogP contribution in [0.3, 0.4) is 0 Å². The number of unbranched alkanes of at least 4 members (excludes halogenated alkanes) is 2. The molecule has 0 bridgehead atoms. The van der Waals surface area contributed by atoms with Gasteiger partial charge in [0.05, 0.1) is 13.0 Å². The summed E-state index contributed by atoms with van der Waals surface area (Å²) in [5.74, 6) is 0.402. The number of rotatable bonds is 12. The first-order valence-electron chi connectivity index (χ1n) is 11.8. The molecule has 0 N–H and O–H groups in total. The van der Waals surface area contributed by atoms with E-state index < -0.39 is 5.97 Å². The third kappa shape index (κ3) is 7.83. The van der Waals surface area contributed by atoms with E-state index in [9.17, 15) is 14.4 Å². The molecule has 0 unspecified atom stereocenters. The molecule has 1 amide bonds. The van der Waals surface area contributed by atoms with Gasteiger partial charge in [0.15, 0.2) is 12.4 Å². The number of anilines is 1. The van der Waals surface area contributed by atoms with Crippen molar-refractivity contribution in [2.45, 2.75) is 39.0 Å². The fraction of sp³-hybridized carbons (Fsp3) is 0.480. The quantitative estimate of drug-likeness (QED) is 0.266. The zero-order valence-corrected chi connectivity index (χ0v) is 19.6. The Hall–Kier alpha value is -3.49. The van der Waals surface area contributed by atoms with Crippen LogP contribution < -0.4 is 9.64 Å². The molecule has 0 radical (unpaired) electrons. The highest BCUT2D eigenvalue weighted by Gasteiger charge is 2.23. The van der Waals surface area contributed by atoms with Gasteiger partial charge < -0.3 is 19.3 Å². The lowest BCUT2D eigenvalue weighted by atomic mass is 10.1. The topological polar surface area (TPSA) is 102 Å². The van der Waals surface area contributed by atoms with Crippen molar-refractivity contribution in [2.24, 2.45) is 0 Å². The lowest BCUT2D eigenvalue weighted by molar-refractivity contribution is -0.152. The standard InChI is InChI=1S/C25H32N4O5/c1-2-3-4-18-33-21-8-6-20(7-9-21)22(30)10-11-24(32)34-19-23(31)28-14-16-29(17-15-28)25-26-12-5-13-27-25/h5-9,12-13H,2-4,10-11,14-19H2,1H3. The molecule has 34 heavy (non-hydrogen) atoms. The Bertz CT molecular complexity index is 928. The normalized spacial score (nSPS) is 13.4. The van der Waals surface area contributed by atoms with Crippen LogP contribution in [0.5, 0.6) is 5.75 Å². The van der Waals surface area contributed by atoms with Crippen LogP contribution in [0.4, 0.5) is 5.95 Å². The molecular formula is C25H32N4O5. The summed E-state index contributed by atoms with van der Waals surface area (Å²) in [5, 5.41) is 0. The van der Waals surface area contributed by atoms with Gasteiger partial charge in [-0.2, -0.15) is 0 Å². The second-order valence-corrected chi connectivity index (χ2v) is 8.08. The Morgan fingerprint density at radius 1 is 0.941 bits per heavy atom. The molecule has 1 aliphatic heterocycles. The van der Waals surface area contributed by atoms with Gasteiger partial charge in [-0.3, -0.25) is 14.4 Å². The molecule has 182 valence electrons. The van der Waals surface area contributed by atoms with E-state index in [4.69, 9.17) is 9.47 Å². The minimum absolute atomic E-state index is 0.0273. The van der Waals surface area contributed by atoms with Gasteiger partial charge in [-0.05, 0) is 36.8 Å². The molecule has 1 aliphatic rings. The molecule has 0 aliphatic carbocycles. The maximum absolute atomic E-state index is 12.4. The van der Waals surface area contributed by atoms with E-state index in [0.29, 0.717) is 44.3 Å². The number of piperazine rings is 1. The van der Waals surface area contributed by atoms with Crippen molar-refractivity contribution < 1.29 is 23.9 Å². The third-order valence-corrected chi connectivity index (χ3v) is 5.57. The van der Waals surface area contributed by atoms with Crippen molar-refractivity contribution >= 4 is 23.6 Å². The molecule has 0 spiro atoms. The third-order valence-electron chi connectivity index (χ3n) is 5.57. The molecular weight excluding hydrogens is 436 g/mol. The number of Topliss-reactive ketones (excluding diaryl/α,β-unsaturated/α-hetero) is 1. The molecule has 1 aromatic heterocycles. The summed E-state index contributed by atoms with van der Waals surface area (Å²) < 4.78 is 10.7. The van der Waals surface area contributed by atoms with Gasteiger partial charge in [0, 0.05) is 50.6 Å². The van der Waals surface area contributed by atoms with E-state index in [1.807, 2.05) is 4.90 Å². The lowest BCUT2D eigenvalue weighted by Crippen LogP contribution is -2.50. The Kier molecular flexibility index (Phi) is 9.81. The van der Waals surface area contributed by atoms with Gasteiger partial charge in [-0.25, -0.2) is 9.97 Å². The molecule has 2 aromatic rings. The van der Waals surface area contributed by atoms with Crippen molar-refractivity contribution in [2.75, 3.05) is 44.3 Å². The molecule has 1 fully saturated rings. The van der Waals surface area contributed by atoms with Crippen LogP contribution in [-0.2, 0) is 14.3 Å². The van der Waals surface area contributed by atoms with Crippen LogP contribution in [-0.4, -0.2) is 71.9 Å². The minimum atomic E-state index is -0.561. The maximum atomic E-state index is 12.4. The second-order valence-electron chi connectivity index (χ2n) is 8.08. The number of aromatic nitrogens is 2. The van der Waals surface area contributed by atoms with Gasteiger partial charge >= 0.3 is 5.97 Å². The molecule has 1 aromatic carbocycles. The van der Waals surface area contributed by atoms with Crippen LogP contribution in [0, 0.1) is 0 Å². The number of hydrogen-bond donors (Lipinski definition) is 0. The van der Waals surface area contributed by atoms with Crippen molar-refractivity contribution in [1.82, 2.24) is 14.9 Å². The number of carbonyl (C=O) groups is 3. The summed E-state index contributed by atoms with van der Waals surface area (Å²) in [4.78, 5) is 48.9. The smallest absolute Gasteiger partial charge is 0.306 e. The van der Waals surface area contributed by atoms with Gasteiger partial charge in [0.25, 0.3) is 5.91 Å². The Balaban J connectivity index is 1.32. The summed E-state index contributed by atoms with van der Waals surface area (Å²) in [5.41, 5.74) is 0.519.